The van der Waals surface area contributed by atoms with Crippen molar-refractivity contribution in [1.29, 1.82) is 0 Å². The molecule has 1 amide bonds. The molecule has 0 atom stereocenters. The van der Waals surface area contributed by atoms with Crippen LogP contribution in [0, 0.1) is 0 Å². The van der Waals surface area contributed by atoms with E-state index in [1.165, 1.54) is 0 Å². The van der Waals surface area contributed by atoms with Crippen molar-refractivity contribution in [1.82, 2.24) is 19.9 Å². The Morgan fingerprint density at radius 2 is 1.85 bits per heavy atom. The van der Waals surface area contributed by atoms with Gasteiger partial charge in [-0.05, 0) is 42.5 Å². The monoisotopic (exact) mass is 468 g/mol. The Morgan fingerprint density at radius 1 is 1.09 bits per heavy atom. The fourth-order valence-electron chi connectivity index (χ4n) is 3.58. The van der Waals surface area contributed by atoms with Crippen molar-refractivity contribution in [3.8, 4) is 22.9 Å². The molecule has 4 rings (SSSR count). The van der Waals surface area contributed by atoms with Crippen molar-refractivity contribution in [3.63, 3.8) is 0 Å². The van der Waals surface area contributed by atoms with Crippen LogP contribution in [0.25, 0.3) is 17.5 Å². The Kier molecular flexibility index (Phi) is 7.26. The van der Waals surface area contributed by atoms with Crippen LogP contribution in [0.5, 0.6) is 11.5 Å². The SMILES string of the molecule is COc1ccc(/C=C/C(=O)N2CCN(Cc3nc(-c4ccc(Cl)cc4)no3)CC2)c(OC)c1. The highest BCUT2D eigenvalue weighted by atomic mass is 35.5. The molecule has 3 aromatic rings. The molecule has 2 aromatic carbocycles. The average Bonchev–Trinajstić information content (AvgIpc) is 3.31. The molecule has 1 aliphatic rings. The van der Waals surface area contributed by atoms with E-state index in [0.717, 1.165) is 24.2 Å². The van der Waals surface area contributed by atoms with Crippen molar-refractivity contribution in [3.05, 3.63) is 65.0 Å². The molecule has 0 bridgehead atoms. The molecule has 33 heavy (non-hydrogen) atoms. The number of amides is 1. The molecule has 1 aromatic heterocycles. The van der Waals surface area contributed by atoms with E-state index in [2.05, 4.69) is 15.0 Å². The van der Waals surface area contributed by atoms with Crippen LogP contribution < -0.4 is 9.47 Å². The normalized spacial score (nSPS) is 14.6. The fourth-order valence-corrected chi connectivity index (χ4v) is 3.70. The summed E-state index contributed by atoms with van der Waals surface area (Å²) in [6.45, 7) is 3.25. The van der Waals surface area contributed by atoms with Crippen LogP contribution in [0.1, 0.15) is 11.5 Å². The maximum atomic E-state index is 12.6. The number of hydrogen-bond donors (Lipinski definition) is 0. The largest absolute Gasteiger partial charge is 0.497 e. The van der Waals surface area contributed by atoms with E-state index in [1.54, 1.807) is 44.6 Å². The molecule has 0 saturated carbocycles. The molecule has 0 radical (unpaired) electrons. The second-order valence-corrected chi connectivity index (χ2v) is 8.00. The molecule has 0 unspecified atom stereocenters. The topological polar surface area (TPSA) is 80.9 Å². The molecular formula is C24H25ClN4O4. The first-order chi connectivity index (χ1) is 16.1. The van der Waals surface area contributed by atoms with Gasteiger partial charge in [-0.15, -0.1) is 0 Å². The predicted molar refractivity (Wildman–Crippen MR) is 125 cm³/mol. The van der Waals surface area contributed by atoms with Crippen molar-refractivity contribution in [2.75, 3.05) is 40.4 Å². The number of carbonyl (C=O) groups excluding carboxylic acids is 1. The maximum absolute atomic E-state index is 12.6. The second-order valence-electron chi connectivity index (χ2n) is 7.56. The molecule has 1 aliphatic heterocycles. The van der Waals surface area contributed by atoms with E-state index in [4.69, 9.17) is 25.6 Å². The highest BCUT2D eigenvalue weighted by Gasteiger charge is 2.21. The quantitative estimate of drug-likeness (QED) is 0.488. The Labute approximate surface area is 197 Å². The number of carbonyl (C=O) groups is 1. The van der Waals surface area contributed by atoms with Crippen molar-refractivity contribution in [2.45, 2.75) is 6.54 Å². The minimum Gasteiger partial charge on any atom is -0.497 e. The standard InChI is InChI=1S/C24H25ClN4O4/c1-31-20-9-5-17(21(15-20)32-2)6-10-23(30)29-13-11-28(12-14-29)16-22-26-24(27-33-22)18-3-7-19(25)8-4-18/h3-10,15H,11-14,16H2,1-2H3/b10-6+. The van der Waals surface area contributed by atoms with E-state index in [0.29, 0.717) is 47.9 Å². The summed E-state index contributed by atoms with van der Waals surface area (Å²) in [6.07, 6.45) is 3.35. The molecule has 1 fully saturated rings. The van der Waals surface area contributed by atoms with Gasteiger partial charge in [-0.2, -0.15) is 4.98 Å². The fraction of sp³-hybridized carbons (Fsp3) is 0.292. The van der Waals surface area contributed by atoms with E-state index >= 15 is 0 Å². The Bertz CT molecular complexity index is 1120. The highest BCUT2D eigenvalue weighted by Crippen LogP contribution is 2.25. The highest BCUT2D eigenvalue weighted by molar-refractivity contribution is 6.30. The Morgan fingerprint density at radius 3 is 2.55 bits per heavy atom. The molecule has 1 saturated heterocycles. The van der Waals surface area contributed by atoms with Crippen LogP contribution in [0.4, 0.5) is 0 Å². The molecule has 2 heterocycles. The van der Waals surface area contributed by atoms with Gasteiger partial charge in [0, 0.05) is 54.5 Å². The number of piperazine rings is 1. The maximum Gasteiger partial charge on any atom is 0.246 e. The van der Waals surface area contributed by atoms with Gasteiger partial charge in [0.25, 0.3) is 0 Å². The minimum atomic E-state index is -0.0321. The summed E-state index contributed by atoms with van der Waals surface area (Å²) in [4.78, 5) is 21.1. The predicted octanol–water partition coefficient (Wildman–Crippen LogP) is 3.76. The minimum absolute atomic E-state index is 0.0321. The van der Waals surface area contributed by atoms with Crippen molar-refractivity contribution < 1.29 is 18.8 Å². The number of hydrogen-bond acceptors (Lipinski definition) is 7. The van der Waals surface area contributed by atoms with Crippen molar-refractivity contribution in [2.24, 2.45) is 0 Å². The van der Waals surface area contributed by atoms with Gasteiger partial charge >= 0.3 is 0 Å². The van der Waals surface area contributed by atoms with Crippen LogP contribution in [-0.4, -0.2) is 66.2 Å². The zero-order valence-electron chi connectivity index (χ0n) is 18.5. The summed E-state index contributed by atoms with van der Waals surface area (Å²) in [5.74, 6) is 2.41. The summed E-state index contributed by atoms with van der Waals surface area (Å²) in [5, 5.41) is 4.72. The third-order valence-corrected chi connectivity index (χ3v) is 5.71. The van der Waals surface area contributed by atoms with Gasteiger partial charge in [-0.1, -0.05) is 16.8 Å². The van der Waals surface area contributed by atoms with E-state index in [-0.39, 0.29) is 5.91 Å². The lowest BCUT2D eigenvalue weighted by Gasteiger charge is -2.33. The average molecular weight is 469 g/mol. The Hall–Kier alpha value is -3.36. The van der Waals surface area contributed by atoms with Gasteiger partial charge < -0.3 is 18.9 Å². The second kappa shape index (κ2) is 10.5. The first-order valence-electron chi connectivity index (χ1n) is 10.6. The first-order valence-corrected chi connectivity index (χ1v) is 10.9. The van der Waals surface area contributed by atoms with Crippen LogP contribution in [0.3, 0.4) is 0 Å². The zero-order valence-corrected chi connectivity index (χ0v) is 19.3. The van der Waals surface area contributed by atoms with Gasteiger partial charge in [0.2, 0.25) is 17.6 Å². The van der Waals surface area contributed by atoms with E-state index < -0.39 is 0 Å². The molecule has 9 heteroatoms. The van der Waals surface area contributed by atoms with Crippen LogP contribution in [0.15, 0.2) is 53.1 Å². The smallest absolute Gasteiger partial charge is 0.246 e. The lowest BCUT2D eigenvalue weighted by Crippen LogP contribution is -2.47. The van der Waals surface area contributed by atoms with E-state index in [1.807, 2.05) is 29.2 Å². The number of ether oxygens (including phenoxy) is 2. The van der Waals surface area contributed by atoms with Gasteiger partial charge in [0.05, 0.1) is 20.8 Å². The van der Waals surface area contributed by atoms with Crippen molar-refractivity contribution >= 4 is 23.6 Å². The number of aromatic nitrogens is 2. The molecule has 8 nitrogen and oxygen atoms in total. The van der Waals surface area contributed by atoms with Crippen LogP contribution in [0.2, 0.25) is 5.02 Å². The summed E-state index contributed by atoms with van der Waals surface area (Å²) in [5.41, 5.74) is 1.67. The summed E-state index contributed by atoms with van der Waals surface area (Å²) in [6, 6.07) is 12.8. The van der Waals surface area contributed by atoms with Crippen LogP contribution >= 0.6 is 11.6 Å². The summed E-state index contributed by atoms with van der Waals surface area (Å²) < 4.78 is 16.0. The van der Waals surface area contributed by atoms with Crippen LogP contribution in [-0.2, 0) is 11.3 Å². The molecule has 172 valence electrons. The first kappa shape index (κ1) is 22.8. The third-order valence-electron chi connectivity index (χ3n) is 5.46. The van der Waals surface area contributed by atoms with Gasteiger partial charge in [-0.3, -0.25) is 9.69 Å². The summed E-state index contributed by atoms with van der Waals surface area (Å²) in [7, 11) is 3.19. The third kappa shape index (κ3) is 5.71. The number of rotatable bonds is 7. The van der Waals surface area contributed by atoms with Gasteiger partial charge in [0.15, 0.2) is 0 Å². The summed E-state index contributed by atoms with van der Waals surface area (Å²) >= 11 is 5.93. The lowest BCUT2D eigenvalue weighted by atomic mass is 10.1. The number of halogens is 1. The number of benzene rings is 2. The van der Waals surface area contributed by atoms with E-state index in [9.17, 15) is 4.79 Å². The molecular weight excluding hydrogens is 444 g/mol. The molecule has 0 aliphatic carbocycles. The molecule has 0 spiro atoms. The Balaban J connectivity index is 1.30. The zero-order chi connectivity index (χ0) is 23.2. The van der Waals surface area contributed by atoms with Gasteiger partial charge in [0.1, 0.15) is 11.5 Å². The lowest BCUT2D eigenvalue weighted by molar-refractivity contribution is -0.127. The number of nitrogens with zero attached hydrogens (tertiary/aromatic N) is 4. The molecule has 0 N–H and O–H groups in total. The van der Waals surface area contributed by atoms with Gasteiger partial charge in [-0.25, -0.2) is 0 Å². The number of methoxy groups -OCH3 is 2.